The quantitative estimate of drug-likeness (QED) is 0.682. The zero-order valence-electron chi connectivity index (χ0n) is 14.9. The third-order valence-corrected chi connectivity index (χ3v) is 3.15. The Bertz CT molecular complexity index is 669. The number of ether oxygens (including phenoxy) is 1. The van der Waals surface area contributed by atoms with Crippen molar-refractivity contribution in [3.63, 3.8) is 0 Å². The highest BCUT2D eigenvalue weighted by Gasteiger charge is 2.16. The minimum Gasteiger partial charge on any atom is -0.444 e. The van der Waals surface area contributed by atoms with Gasteiger partial charge in [-0.3, -0.25) is 9.59 Å². The molecule has 1 aromatic carbocycles. The van der Waals surface area contributed by atoms with Crippen LogP contribution in [-0.4, -0.2) is 30.1 Å². The van der Waals surface area contributed by atoms with Gasteiger partial charge in [-0.2, -0.15) is 0 Å². The molecule has 0 fully saturated rings. The molecule has 1 rings (SSSR count). The third kappa shape index (κ3) is 7.19. The van der Waals surface area contributed by atoms with Crippen LogP contribution in [0, 0.1) is 12.7 Å². The number of amides is 3. The SMILES string of the molecule is Cc1c(F)cc(C(N)=O)cc1NC(=O)CCCNC(=O)OC(C)(C)C. The lowest BCUT2D eigenvalue weighted by molar-refractivity contribution is -0.116. The molecule has 7 nitrogen and oxygen atoms in total. The summed E-state index contributed by atoms with van der Waals surface area (Å²) in [4.78, 5) is 34.6. The Labute approximate surface area is 146 Å². The summed E-state index contributed by atoms with van der Waals surface area (Å²) >= 11 is 0. The molecule has 0 radical (unpaired) electrons. The van der Waals surface area contributed by atoms with Crippen molar-refractivity contribution < 1.29 is 23.5 Å². The Balaban J connectivity index is 2.50. The molecule has 0 saturated heterocycles. The number of hydrogen-bond donors (Lipinski definition) is 3. The van der Waals surface area contributed by atoms with Gasteiger partial charge in [0.15, 0.2) is 0 Å². The standard InChI is InChI=1S/C17H24FN3O4/c1-10-12(18)8-11(15(19)23)9-13(10)21-14(22)6-5-7-20-16(24)25-17(2,3)4/h8-9H,5-7H2,1-4H3,(H2,19,23)(H,20,24)(H,21,22). The van der Waals surface area contributed by atoms with Crippen molar-refractivity contribution in [1.82, 2.24) is 5.32 Å². The average Bonchev–Trinajstić information content (AvgIpc) is 2.46. The second-order valence-electron chi connectivity index (χ2n) is 6.58. The number of nitrogens with two attached hydrogens (primary N) is 1. The molecule has 0 bridgehead atoms. The predicted molar refractivity (Wildman–Crippen MR) is 91.8 cm³/mol. The van der Waals surface area contributed by atoms with Gasteiger partial charge >= 0.3 is 6.09 Å². The lowest BCUT2D eigenvalue weighted by Gasteiger charge is -2.19. The van der Waals surface area contributed by atoms with E-state index in [1.54, 1.807) is 20.8 Å². The topological polar surface area (TPSA) is 111 Å². The second kappa shape index (κ2) is 8.46. The molecule has 25 heavy (non-hydrogen) atoms. The van der Waals surface area contributed by atoms with E-state index in [4.69, 9.17) is 10.5 Å². The molecular weight excluding hydrogens is 329 g/mol. The first-order valence-electron chi connectivity index (χ1n) is 7.86. The molecule has 0 heterocycles. The van der Waals surface area contributed by atoms with Crippen molar-refractivity contribution in [2.24, 2.45) is 5.73 Å². The molecule has 0 aliphatic carbocycles. The lowest BCUT2D eigenvalue weighted by atomic mass is 10.1. The van der Waals surface area contributed by atoms with Crippen LogP contribution in [0.5, 0.6) is 0 Å². The lowest BCUT2D eigenvalue weighted by Crippen LogP contribution is -2.33. The number of hydrogen-bond acceptors (Lipinski definition) is 4. The summed E-state index contributed by atoms with van der Waals surface area (Å²) in [5.41, 5.74) is 4.93. The zero-order valence-corrected chi connectivity index (χ0v) is 14.9. The van der Waals surface area contributed by atoms with E-state index in [-0.39, 0.29) is 35.7 Å². The molecular formula is C17H24FN3O4. The van der Waals surface area contributed by atoms with Crippen molar-refractivity contribution in [2.45, 2.75) is 46.1 Å². The Hall–Kier alpha value is -2.64. The molecule has 138 valence electrons. The minimum absolute atomic E-state index is 0.0232. The number of anilines is 1. The molecule has 3 amide bonds. The predicted octanol–water partition coefficient (Wildman–Crippen LogP) is 2.48. The first-order chi connectivity index (χ1) is 11.5. The van der Waals surface area contributed by atoms with E-state index in [0.29, 0.717) is 6.42 Å². The van der Waals surface area contributed by atoms with Crippen LogP contribution < -0.4 is 16.4 Å². The van der Waals surface area contributed by atoms with E-state index in [1.807, 2.05) is 0 Å². The summed E-state index contributed by atoms with van der Waals surface area (Å²) in [6.07, 6.45) is -0.0697. The summed E-state index contributed by atoms with van der Waals surface area (Å²) < 4.78 is 18.8. The van der Waals surface area contributed by atoms with E-state index < -0.39 is 23.4 Å². The van der Waals surface area contributed by atoms with Crippen molar-refractivity contribution in [2.75, 3.05) is 11.9 Å². The fraction of sp³-hybridized carbons (Fsp3) is 0.471. The van der Waals surface area contributed by atoms with Crippen LogP contribution in [0.25, 0.3) is 0 Å². The van der Waals surface area contributed by atoms with Gasteiger partial charge in [-0.1, -0.05) is 0 Å². The van der Waals surface area contributed by atoms with Gasteiger partial charge in [-0.15, -0.1) is 0 Å². The molecule has 8 heteroatoms. The highest BCUT2D eigenvalue weighted by molar-refractivity contribution is 5.97. The molecule has 0 saturated carbocycles. The van der Waals surface area contributed by atoms with E-state index in [9.17, 15) is 18.8 Å². The van der Waals surface area contributed by atoms with Crippen LogP contribution in [0.3, 0.4) is 0 Å². The molecule has 4 N–H and O–H groups in total. The molecule has 1 aromatic rings. The zero-order chi connectivity index (χ0) is 19.2. The number of nitrogens with one attached hydrogen (secondary N) is 2. The van der Waals surface area contributed by atoms with E-state index in [2.05, 4.69) is 10.6 Å². The Morgan fingerprint density at radius 3 is 2.44 bits per heavy atom. The van der Waals surface area contributed by atoms with Gasteiger partial charge in [0.05, 0.1) is 0 Å². The number of halogens is 1. The number of carbonyl (C=O) groups is 3. The van der Waals surface area contributed by atoms with Crippen LogP contribution in [0.1, 0.15) is 49.5 Å². The first-order valence-corrected chi connectivity index (χ1v) is 7.86. The van der Waals surface area contributed by atoms with Crippen LogP contribution in [-0.2, 0) is 9.53 Å². The molecule has 0 aliphatic heterocycles. The van der Waals surface area contributed by atoms with E-state index in [1.165, 1.54) is 13.0 Å². The summed E-state index contributed by atoms with van der Waals surface area (Å²) in [5, 5.41) is 5.08. The van der Waals surface area contributed by atoms with Gasteiger partial charge in [0.25, 0.3) is 0 Å². The van der Waals surface area contributed by atoms with E-state index in [0.717, 1.165) is 6.07 Å². The smallest absolute Gasteiger partial charge is 0.407 e. The van der Waals surface area contributed by atoms with Crippen LogP contribution in [0.2, 0.25) is 0 Å². The maximum atomic E-state index is 13.8. The van der Waals surface area contributed by atoms with Crippen molar-refractivity contribution in [1.29, 1.82) is 0 Å². The van der Waals surface area contributed by atoms with Crippen molar-refractivity contribution in [3.05, 3.63) is 29.1 Å². The number of primary amides is 1. The number of benzene rings is 1. The van der Waals surface area contributed by atoms with Crippen molar-refractivity contribution >= 4 is 23.6 Å². The van der Waals surface area contributed by atoms with Gasteiger partial charge in [0.1, 0.15) is 11.4 Å². The monoisotopic (exact) mass is 353 g/mol. The maximum absolute atomic E-state index is 13.8. The summed E-state index contributed by atoms with van der Waals surface area (Å²) in [7, 11) is 0. The minimum atomic E-state index is -0.782. The molecule has 0 aromatic heterocycles. The fourth-order valence-corrected chi connectivity index (χ4v) is 1.92. The van der Waals surface area contributed by atoms with Crippen LogP contribution >= 0.6 is 0 Å². The average molecular weight is 353 g/mol. The maximum Gasteiger partial charge on any atom is 0.407 e. The largest absolute Gasteiger partial charge is 0.444 e. The molecule has 0 unspecified atom stereocenters. The van der Waals surface area contributed by atoms with Gasteiger partial charge < -0.3 is 21.1 Å². The third-order valence-electron chi connectivity index (χ3n) is 3.15. The van der Waals surface area contributed by atoms with Gasteiger partial charge in [-0.25, -0.2) is 9.18 Å². The Morgan fingerprint density at radius 1 is 1.24 bits per heavy atom. The molecule has 0 aliphatic rings. The van der Waals surface area contributed by atoms with Gasteiger partial charge in [0.2, 0.25) is 11.8 Å². The summed E-state index contributed by atoms with van der Waals surface area (Å²) in [6.45, 7) is 7.00. The second-order valence-corrected chi connectivity index (χ2v) is 6.58. The first kappa shape index (κ1) is 20.4. The van der Waals surface area contributed by atoms with Crippen LogP contribution in [0.15, 0.2) is 12.1 Å². The number of alkyl carbamates (subject to hydrolysis) is 1. The Kier molecular flexibility index (Phi) is 6.90. The molecule has 0 spiro atoms. The summed E-state index contributed by atoms with van der Waals surface area (Å²) in [6, 6.07) is 2.36. The highest BCUT2D eigenvalue weighted by atomic mass is 19.1. The highest BCUT2D eigenvalue weighted by Crippen LogP contribution is 2.21. The van der Waals surface area contributed by atoms with Crippen LogP contribution in [0.4, 0.5) is 14.9 Å². The number of carbonyl (C=O) groups excluding carboxylic acids is 3. The fourth-order valence-electron chi connectivity index (χ4n) is 1.92. The normalized spacial score (nSPS) is 10.9. The van der Waals surface area contributed by atoms with E-state index >= 15 is 0 Å². The van der Waals surface area contributed by atoms with Gasteiger partial charge in [0, 0.05) is 29.8 Å². The Morgan fingerprint density at radius 2 is 1.88 bits per heavy atom. The summed E-state index contributed by atoms with van der Waals surface area (Å²) in [5.74, 6) is -1.77. The van der Waals surface area contributed by atoms with Crippen molar-refractivity contribution in [3.8, 4) is 0 Å². The molecule has 0 atom stereocenters. The number of rotatable bonds is 6. The van der Waals surface area contributed by atoms with Gasteiger partial charge in [-0.05, 0) is 46.2 Å².